The summed E-state index contributed by atoms with van der Waals surface area (Å²) in [5.74, 6) is 0.618. The first kappa shape index (κ1) is 21.1. The average molecular weight is 436 g/mol. The molecular weight excluding hydrogens is 415 g/mol. The molecule has 2 aromatic carbocycles. The van der Waals surface area contributed by atoms with Crippen molar-refractivity contribution in [3.05, 3.63) is 72.2 Å². The molecule has 0 aliphatic carbocycles. The largest absolute Gasteiger partial charge is 0.497 e. The quantitative estimate of drug-likeness (QED) is 0.453. The number of rotatable bonds is 8. The van der Waals surface area contributed by atoms with Gasteiger partial charge in [0.25, 0.3) is 5.89 Å². The molecule has 0 fully saturated rings. The van der Waals surface area contributed by atoms with Gasteiger partial charge in [-0.3, -0.25) is 4.79 Å². The third-order valence-electron chi connectivity index (χ3n) is 4.82. The number of benzene rings is 2. The Morgan fingerprint density at radius 3 is 2.78 bits per heavy atom. The van der Waals surface area contributed by atoms with E-state index in [0.29, 0.717) is 17.8 Å². The van der Waals surface area contributed by atoms with Gasteiger partial charge in [-0.15, -0.1) is 0 Å². The van der Waals surface area contributed by atoms with Gasteiger partial charge in [-0.25, -0.2) is 4.39 Å². The highest BCUT2D eigenvalue weighted by molar-refractivity contribution is 5.76. The van der Waals surface area contributed by atoms with Gasteiger partial charge in [0.1, 0.15) is 18.0 Å². The minimum Gasteiger partial charge on any atom is -0.497 e. The Hall–Kier alpha value is -4.14. The third kappa shape index (κ3) is 4.61. The Labute approximate surface area is 183 Å². The number of ether oxygens (including phenoxy) is 2. The van der Waals surface area contributed by atoms with Crippen LogP contribution in [0.4, 0.5) is 4.39 Å². The second kappa shape index (κ2) is 9.34. The van der Waals surface area contributed by atoms with E-state index in [2.05, 4.69) is 15.5 Å². The molecule has 0 bridgehead atoms. The van der Waals surface area contributed by atoms with Crippen molar-refractivity contribution in [1.82, 2.24) is 20.0 Å². The number of hydrogen-bond donors (Lipinski definition) is 1. The fraction of sp³-hybridized carbons (Fsp3) is 0.174. The summed E-state index contributed by atoms with van der Waals surface area (Å²) in [4.78, 5) is 16.8. The van der Waals surface area contributed by atoms with Crippen molar-refractivity contribution < 1.29 is 23.2 Å². The summed E-state index contributed by atoms with van der Waals surface area (Å²) in [6.45, 7) is 0.446. The van der Waals surface area contributed by atoms with E-state index in [4.69, 9.17) is 14.0 Å². The number of nitrogens with zero attached hydrogens (tertiary/aromatic N) is 3. The van der Waals surface area contributed by atoms with Crippen molar-refractivity contribution in [1.29, 1.82) is 0 Å². The highest BCUT2D eigenvalue weighted by Crippen LogP contribution is 2.26. The summed E-state index contributed by atoms with van der Waals surface area (Å²) in [7, 11) is 2.99. The first-order valence-electron chi connectivity index (χ1n) is 9.80. The van der Waals surface area contributed by atoms with E-state index < -0.39 is 5.82 Å². The van der Waals surface area contributed by atoms with Crippen molar-refractivity contribution in [3.63, 3.8) is 0 Å². The Morgan fingerprint density at radius 2 is 2.00 bits per heavy atom. The van der Waals surface area contributed by atoms with Gasteiger partial charge in [0.15, 0.2) is 11.6 Å². The smallest absolute Gasteiger partial charge is 0.274 e. The fourth-order valence-electron chi connectivity index (χ4n) is 3.19. The average Bonchev–Trinajstić information content (AvgIpc) is 3.47. The maximum Gasteiger partial charge on any atom is 0.274 e. The number of nitrogens with one attached hydrogen (secondary N) is 1. The van der Waals surface area contributed by atoms with Crippen molar-refractivity contribution in [2.24, 2.45) is 0 Å². The van der Waals surface area contributed by atoms with E-state index in [1.807, 2.05) is 24.3 Å². The highest BCUT2D eigenvalue weighted by Gasteiger charge is 2.16. The first-order valence-corrected chi connectivity index (χ1v) is 9.80. The minimum absolute atomic E-state index is 0.0706. The summed E-state index contributed by atoms with van der Waals surface area (Å²) in [6, 6.07) is 15.4. The topological polar surface area (TPSA) is 91.4 Å². The van der Waals surface area contributed by atoms with Crippen molar-refractivity contribution in [2.45, 2.75) is 13.1 Å². The summed E-state index contributed by atoms with van der Waals surface area (Å²) in [5.41, 5.74) is 1.96. The normalized spacial score (nSPS) is 10.7. The summed E-state index contributed by atoms with van der Waals surface area (Å²) < 4.78 is 31.2. The molecule has 4 aromatic rings. The van der Waals surface area contributed by atoms with E-state index in [9.17, 15) is 9.18 Å². The fourth-order valence-corrected chi connectivity index (χ4v) is 3.19. The molecule has 32 heavy (non-hydrogen) atoms. The molecule has 0 radical (unpaired) electrons. The Bertz CT molecular complexity index is 1230. The molecule has 4 rings (SSSR count). The van der Waals surface area contributed by atoms with Crippen LogP contribution in [0.2, 0.25) is 0 Å². The number of carbonyl (C=O) groups excluding carboxylic acids is 1. The van der Waals surface area contributed by atoms with Crippen LogP contribution >= 0.6 is 0 Å². The molecule has 2 aromatic heterocycles. The molecule has 0 unspecified atom stereocenters. The van der Waals surface area contributed by atoms with Gasteiger partial charge >= 0.3 is 0 Å². The zero-order chi connectivity index (χ0) is 22.5. The number of hydrogen-bond acceptors (Lipinski definition) is 6. The van der Waals surface area contributed by atoms with E-state index in [-0.39, 0.29) is 29.9 Å². The predicted octanol–water partition coefficient (Wildman–Crippen LogP) is 3.68. The molecule has 1 N–H and O–H groups in total. The van der Waals surface area contributed by atoms with E-state index in [1.165, 1.54) is 19.2 Å². The molecule has 0 saturated heterocycles. The van der Waals surface area contributed by atoms with Gasteiger partial charge in [-0.2, -0.15) is 4.98 Å². The number of amides is 1. The van der Waals surface area contributed by atoms with Crippen molar-refractivity contribution >= 4 is 5.91 Å². The number of carbonyl (C=O) groups is 1. The van der Waals surface area contributed by atoms with Gasteiger partial charge in [0.2, 0.25) is 11.7 Å². The molecular formula is C23H21FN4O4. The number of methoxy groups -OCH3 is 2. The zero-order valence-electron chi connectivity index (χ0n) is 17.5. The van der Waals surface area contributed by atoms with Gasteiger partial charge in [0.05, 0.1) is 14.2 Å². The maximum atomic E-state index is 14.0. The third-order valence-corrected chi connectivity index (χ3v) is 4.82. The van der Waals surface area contributed by atoms with Crippen LogP contribution in [0.15, 0.2) is 65.3 Å². The predicted molar refractivity (Wildman–Crippen MR) is 115 cm³/mol. The zero-order valence-corrected chi connectivity index (χ0v) is 17.5. The van der Waals surface area contributed by atoms with Gasteiger partial charge in [-0.05, 0) is 48.0 Å². The molecule has 2 heterocycles. The second-order valence-corrected chi connectivity index (χ2v) is 6.92. The summed E-state index contributed by atoms with van der Waals surface area (Å²) >= 11 is 0. The summed E-state index contributed by atoms with van der Waals surface area (Å²) in [6.07, 6.45) is 1.75. The molecule has 0 atom stereocenters. The molecule has 0 saturated carbocycles. The molecule has 8 nitrogen and oxygen atoms in total. The van der Waals surface area contributed by atoms with Crippen molar-refractivity contribution in [3.8, 4) is 34.5 Å². The van der Waals surface area contributed by atoms with Crippen LogP contribution in [0.5, 0.6) is 11.5 Å². The Morgan fingerprint density at radius 1 is 1.12 bits per heavy atom. The van der Waals surface area contributed by atoms with Gasteiger partial charge in [0, 0.05) is 18.3 Å². The molecule has 0 aliphatic rings. The van der Waals surface area contributed by atoms with Crippen LogP contribution in [0.25, 0.3) is 23.0 Å². The van der Waals surface area contributed by atoms with Crippen LogP contribution in [0.3, 0.4) is 0 Å². The highest BCUT2D eigenvalue weighted by atomic mass is 19.1. The molecule has 1 amide bonds. The van der Waals surface area contributed by atoms with E-state index in [0.717, 1.165) is 11.3 Å². The lowest BCUT2D eigenvalue weighted by atomic mass is 10.2. The molecule has 0 aliphatic heterocycles. The standard InChI is InChI=1S/C23H21FN4O4/c1-30-17-6-3-5-15(11-17)13-25-21(29)14-28-10-4-7-19(28)23-26-22(27-32-23)16-8-9-20(31-2)18(24)12-16/h3-12H,13-14H2,1-2H3,(H,25,29). The monoisotopic (exact) mass is 436 g/mol. The van der Waals surface area contributed by atoms with E-state index in [1.54, 1.807) is 36.1 Å². The number of halogens is 1. The van der Waals surface area contributed by atoms with Crippen LogP contribution < -0.4 is 14.8 Å². The minimum atomic E-state index is -0.521. The van der Waals surface area contributed by atoms with Crippen molar-refractivity contribution in [2.75, 3.05) is 14.2 Å². The van der Waals surface area contributed by atoms with Gasteiger partial charge in [-0.1, -0.05) is 17.3 Å². The molecule has 9 heteroatoms. The Kier molecular flexibility index (Phi) is 6.16. The lowest BCUT2D eigenvalue weighted by molar-refractivity contribution is -0.121. The van der Waals surface area contributed by atoms with Crippen LogP contribution in [-0.4, -0.2) is 34.8 Å². The van der Waals surface area contributed by atoms with Gasteiger partial charge < -0.3 is 23.9 Å². The number of aromatic nitrogens is 3. The Balaban J connectivity index is 1.44. The van der Waals surface area contributed by atoms with E-state index >= 15 is 0 Å². The van der Waals surface area contributed by atoms with Crippen LogP contribution in [0, 0.1) is 5.82 Å². The molecule has 0 spiro atoms. The maximum absolute atomic E-state index is 14.0. The van der Waals surface area contributed by atoms with Crippen LogP contribution in [0.1, 0.15) is 5.56 Å². The lowest BCUT2D eigenvalue weighted by Crippen LogP contribution is -2.27. The summed E-state index contributed by atoms with van der Waals surface area (Å²) in [5, 5.41) is 6.81. The SMILES string of the molecule is COc1cccc(CNC(=O)Cn2cccc2-c2nc(-c3ccc(OC)c(F)c3)no2)c1. The van der Waals surface area contributed by atoms with Crippen LogP contribution in [-0.2, 0) is 17.9 Å². The first-order chi connectivity index (χ1) is 15.6. The second-order valence-electron chi connectivity index (χ2n) is 6.92. The molecule has 164 valence electrons. The lowest BCUT2D eigenvalue weighted by Gasteiger charge is -2.09.